The molecule has 1 rings (SSSR count). The summed E-state index contributed by atoms with van der Waals surface area (Å²) in [5.74, 6) is -0.536. The Morgan fingerprint density at radius 1 is 1.73 bits per heavy atom. The van der Waals surface area contributed by atoms with Crippen LogP contribution in [0.2, 0.25) is 0 Å². The second-order valence-corrected chi connectivity index (χ2v) is 3.29. The van der Waals surface area contributed by atoms with E-state index in [0.717, 1.165) is 11.5 Å². The molecule has 1 heterocycles. The molecule has 0 spiro atoms. The second kappa shape index (κ2) is 2.58. The van der Waals surface area contributed by atoms with Gasteiger partial charge in [0.2, 0.25) is 0 Å². The molecule has 0 unspecified atom stereocenters. The van der Waals surface area contributed by atoms with Gasteiger partial charge in [-0.05, 0) is 25.4 Å². The summed E-state index contributed by atoms with van der Waals surface area (Å²) in [6, 6.07) is 0. The van der Waals surface area contributed by atoms with Crippen LogP contribution in [-0.4, -0.2) is 20.4 Å². The molecule has 0 bridgehead atoms. The molecule has 1 N–H and O–H groups in total. The minimum atomic E-state index is -0.972. The maximum atomic E-state index is 10.6. The number of carboxylic acid groups (broad SMARTS) is 1. The molecule has 11 heavy (non-hydrogen) atoms. The van der Waals surface area contributed by atoms with Gasteiger partial charge in [-0.1, -0.05) is 0 Å². The average molecular weight is 172 g/mol. The smallest absolute Gasteiger partial charge is 0.316 e. The van der Waals surface area contributed by atoms with Crippen LogP contribution in [0.3, 0.4) is 0 Å². The van der Waals surface area contributed by atoms with Crippen molar-refractivity contribution in [3.05, 3.63) is 11.3 Å². The summed E-state index contributed by atoms with van der Waals surface area (Å²) in [6.07, 6.45) is 0. The Kier molecular flexibility index (Phi) is 1.90. The first-order valence-corrected chi connectivity index (χ1v) is 3.89. The summed E-state index contributed by atoms with van der Waals surface area (Å²) in [5.41, 5.74) is 0.556. The SMILES string of the molecule is CC(C)(C(=O)O)c1ncsn1. The van der Waals surface area contributed by atoms with E-state index in [9.17, 15) is 4.79 Å². The Morgan fingerprint density at radius 2 is 2.36 bits per heavy atom. The highest BCUT2D eigenvalue weighted by atomic mass is 32.1. The average Bonchev–Trinajstić information content (AvgIpc) is 2.37. The van der Waals surface area contributed by atoms with Gasteiger partial charge in [0, 0.05) is 0 Å². The van der Waals surface area contributed by atoms with Crippen molar-refractivity contribution in [3.8, 4) is 0 Å². The van der Waals surface area contributed by atoms with Gasteiger partial charge >= 0.3 is 5.97 Å². The van der Waals surface area contributed by atoms with Gasteiger partial charge in [-0.3, -0.25) is 4.79 Å². The van der Waals surface area contributed by atoms with Gasteiger partial charge in [0.15, 0.2) is 5.82 Å². The fraction of sp³-hybridized carbons (Fsp3) is 0.500. The molecule has 0 radical (unpaired) electrons. The molecule has 5 heteroatoms. The minimum Gasteiger partial charge on any atom is -0.481 e. The standard InChI is InChI=1S/C6H8N2O2S/c1-6(2,5(9)10)4-7-3-11-8-4/h3H,1-2H3,(H,9,10). The first-order chi connectivity index (χ1) is 5.05. The van der Waals surface area contributed by atoms with Gasteiger partial charge in [0.1, 0.15) is 10.9 Å². The highest BCUT2D eigenvalue weighted by molar-refractivity contribution is 7.03. The van der Waals surface area contributed by atoms with E-state index in [0.29, 0.717) is 5.82 Å². The molecule has 0 saturated carbocycles. The third kappa shape index (κ3) is 1.37. The minimum absolute atomic E-state index is 0.370. The normalized spacial score (nSPS) is 11.5. The van der Waals surface area contributed by atoms with E-state index in [1.807, 2.05) is 0 Å². The van der Waals surface area contributed by atoms with E-state index in [-0.39, 0.29) is 0 Å². The van der Waals surface area contributed by atoms with Crippen LogP contribution in [0.4, 0.5) is 0 Å². The van der Waals surface area contributed by atoms with Crippen molar-refractivity contribution < 1.29 is 9.90 Å². The zero-order chi connectivity index (χ0) is 8.48. The molecule has 0 aromatic carbocycles. The Labute approximate surface area is 68.1 Å². The van der Waals surface area contributed by atoms with Crippen LogP contribution < -0.4 is 0 Å². The first kappa shape index (κ1) is 8.13. The van der Waals surface area contributed by atoms with Crippen LogP contribution in [0.15, 0.2) is 5.51 Å². The van der Waals surface area contributed by atoms with Gasteiger partial charge in [-0.15, -0.1) is 0 Å². The summed E-state index contributed by atoms with van der Waals surface area (Å²) >= 11 is 1.16. The number of aromatic nitrogens is 2. The van der Waals surface area contributed by atoms with E-state index in [1.54, 1.807) is 13.8 Å². The number of aliphatic carboxylic acids is 1. The quantitative estimate of drug-likeness (QED) is 0.719. The molecule has 1 aromatic rings. The second-order valence-electron chi connectivity index (χ2n) is 2.68. The lowest BCUT2D eigenvalue weighted by atomic mass is 9.93. The number of hydrogen-bond acceptors (Lipinski definition) is 4. The lowest BCUT2D eigenvalue weighted by Crippen LogP contribution is -2.29. The number of hydrogen-bond donors (Lipinski definition) is 1. The summed E-state index contributed by atoms with van der Waals surface area (Å²) < 4.78 is 3.86. The molecule has 0 atom stereocenters. The molecule has 0 aliphatic heterocycles. The van der Waals surface area contributed by atoms with Crippen LogP contribution in [0.5, 0.6) is 0 Å². The van der Waals surface area contributed by atoms with Crippen molar-refractivity contribution in [1.29, 1.82) is 0 Å². The molecule has 60 valence electrons. The van der Waals surface area contributed by atoms with E-state index >= 15 is 0 Å². The Balaban J connectivity index is 3.00. The van der Waals surface area contributed by atoms with Crippen molar-refractivity contribution in [1.82, 2.24) is 9.36 Å². The van der Waals surface area contributed by atoms with Crippen molar-refractivity contribution in [2.75, 3.05) is 0 Å². The highest BCUT2D eigenvalue weighted by Gasteiger charge is 2.32. The molecule has 0 aliphatic carbocycles. The molecular weight excluding hydrogens is 164 g/mol. The van der Waals surface area contributed by atoms with Crippen LogP contribution in [0.1, 0.15) is 19.7 Å². The van der Waals surface area contributed by atoms with Gasteiger partial charge in [0.05, 0.1) is 0 Å². The molecule has 0 aliphatic rings. The summed E-state index contributed by atoms with van der Waals surface area (Å²) in [7, 11) is 0. The predicted molar refractivity (Wildman–Crippen MR) is 40.6 cm³/mol. The van der Waals surface area contributed by atoms with Gasteiger partial charge in [-0.2, -0.15) is 4.37 Å². The highest BCUT2D eigenvalue weighted by Crippen LogP contribution is 2.19. The number of carbonyl (C=O) groups is 1. The molecule has 0 fully saturated rings. The van der Waals surface area contributed by atoms with Crippen LogP contribution in [0, 0.1) is 0 Å². The number of nitrogens with zero attached hydrogens (tertiary/aromatic N) is 2. The zero-order valence-corrected chi connectivity index (χ0v) is 7.05. The molecule has 4 nitrogen and oxygen atoms in total. The largest absolute Gasteiger partial charge is 0.481 e. The van der Waals surface area contributed by atoms with Gasteiger partial charge < -0.3 is 5.11 Å². The van der Waals surface area contributed by atoms with Crippen LogP contribution in [0.25, 0.3) is 0 Å². The maximum absolute atomic E-state index is 10.6. The lowest BCUT2D eigenvalue weighted by molar-refractivity contribution is -0.142. The molecule has 0 saturated heterocycles. The Bertz CT molecular complexity index is 256. The fourth-order valence-electron chi connectivity index (χ4n) is 0.542. The fourth-order valence-corrected chi connectivity index (χ4v) is 1.11. The van der Waals surface area contributed by atoms with Crippen LogP contribution in [-0.2, 0) is 10.2 Å². The summed E-state index contributed by atoms with van der Waals surface area (Å²) in [4.78, 5) is 14.5. The zero-order valence-electron chi connectivity index (χ0n) is 6.24. The summed E-state index contributed by atoms with van der Waals surface area (Å²) in [6.45, 7) is 3.16. The topological polar surface area (TPSA) is 63.1 Å². The van der Waals surface area contributed by atoms with Crippen molar-refractivity contribution in [2.24, 2.45) is 0 Å². The molecular formula is C6H8N2O2S. The third-order valence-corrected chi connectivity index (χ3v) is 1.93. The lowest BCUT2D eigenvalue weighted by Gasteiger charge is -2.13. The Hall–Kier alpha value is -0.970. The number of rotatable bonds is 2. The van der Waals surface area contributed by atoms with E-state index < -0.39 is 11.4 Å². The van der Waals surface area contributed by atoms with Crippen molar-refractivity contribution in [2.45, 2.75) is 19.3 Å². The monoisotopic (exact) mass is 172 g/mol. The van der Waals surface area contributed by atoms with E-state index in [4.69, 9.17) is 5.11 Å². The Morgan fingerprint density at radius 3 is 2.73 bits per heavy atom. The van der Waals surface area contributed by atoms with Gasteiger partial charge in [-0.25, -0.2) is 4.98 Å². The number of carboxylic acids is 1. The maximum Gasteiger partial charge on any atom is 0.316 e. The van der Waals surface area contributed by atoms with Gasteiger partial charge in [0.25, 0.3) is 0 Å². The summed E-state index contributed by atoms with van der Waals surface area (Å²) in [5, 5.41) is 8.74. The van der Waals surface area contributed by atoms with Crippen LogP contribution >= 0.6 is 11.5 Å². The molecule has 0 amide bonds. The van der Waals surface area contributed by atoms with E-state index in [2.05, 4.69) is 9.36 Å². The third-order valence-electron chi connectivity index (χ3n) is 1.45. The van der Waals surface area contributed by atoms with Crippen molar-refractivity contribution >= 4 is 17.5 Å². The van der Waals surface area contributed by atoms with E-state index in [1.165, 1.54) is 5.51 Å². The first-order valence-electron chi connectivity index (χ1n) is 3.05. The predicted octanol–water partition coefficient (Wildman–Crippen LogP) is 0.900. The van der Waals surface area contributed by atoms with Crippen molar-refractivity contribution in [3.63, 3.8) is 0 Å². The molecule has 1 aromatic heterocycles.